The van der Waals surface area contributed by atoms with Gasteiger partial charge in [-0.3, -0.25) is 14.4 Å². The minimum atomic E-state index is -4.61. The zero-order valence-electron chi connectivity index (χ0n) is 27.3. The molecule has 5 aliphatic rings. The first-order chi connectivity index (χ1) is 25.0. The zero-order valence-corrected chi connectivity index (χ0v) is 28.0. The Balaban J connectivity index is 1.14. The number of aromatic nitrogens is 5. The number of anilines is 1. The molecule has 0 bridgehead atoms. The van der Waals surface area contributed by atoms with Crippen molar-refractivity contribution in [3.63, 3.8) is 0 Å². The molecule has 16 heteroatoms. The maximum absolute atomic E-state index is 14.8. The van der Waals surface area contributed by atoms with E-state index in [9.17, 15) is 32.7 Å². The number of carbonyl (C=O) groups excluding carboxylic acids is 2. The third-order valence-electron chi connectivity index (χ3n) is 11.3. The van der Waals surface area contributed by atoms with Crippen LogP contribution in [0.15, 0.2) is 47.4 Å². The number of rotatable bonds is 5. The van der Waals surface area contributed by atoms with E-state index in [1.54, 1.807) is 15.5 Å². The van der Waals surface area contributed by atoms with Crippen molar-refractivity contribution in [1.82, 2.24) is 29.0 Å². The summed E-state index contributed by atoms with van der Waals surface area (Å²) in [6.07, 6.45) is 1.05. The van der Waals surface area contributed by atoms with Crippen LogP contribution in [0.5, 0.6) is 5.75 Å². The Morgan fingerprint density at radius 1 is 1.19 bits per heavy atom. The van der Waals surface area contributed by atoms with Crippen molar-refractivity contribution in [3.8, 4) is 17.6 Å². The molecule has 3 aliphatic carbocycles. The second-order valence-corrected chi connectivity index (χ2v) is 14.2. The summed E-state index contributed by atoms with van der Waals surface area (Å²) in [5.74, 6) is 5.03. The zero-order chi connectivity index (χ0) is 36.1. The smallest absolute Gasteiger partial charge is 0.416 e. The van der Waals surface area contributed by atoms with E-state index in [-0.39, 0.29) is 63.8 Å². The third-order valence-corrected chi connectivity index (χ3v) is 11.6. The van der Waals surface area contributed by atoms with Gasteiger partial charge in [0.05, 0.1) is 35.4 Å². The first-order valence-electron chi connectivity index (χ1n) is 16.9. The molecule has 3 aromatic heterocycles. The van der Waals surface area contributed by atoms with Crippen LogP contribution in [0.2, 0.25) is 5.02 Å². The number of fused-ring (bicyclic) bond motifs is 8. The van der Waals surface area contributed by atoms with Crippen LogP contribution in [0.4, 0.5) is 18.9 Å². The van der Waals surface area contributed by atoms with Gasteiger partial charge in [0.25, 0.3) is 11.5 Å². The summed E-state index contributed by atoms with van der Waals surface area (Å²) < 4.78 is 48.2. The van der Waals surface area contributed by atoms with Gasteiger partial charge in [0.2, 0.25) is 11.7 Å². The Morgan fingerprint density at radius 2 is 2.04 bits per heavy atom. The molecule has 0 radical (unpaired) electrons. The molecule has 266 valence electrons. The molecule has 1 aromatic carbocycles. The van der Waals surface area contributed by atoms with Crippen molar-refractivity contribution in [2.45, 2.75) is 55.8 Å². The molecule has 1 saturated carbocycles. The van der Waals surface area contributed by atoms with Gasteiger partial charge in [-0.2, -0.15) is 22.7 Å². The highest BCUT2D eigenvalue weighted by molar-refractivity contribution is 6.33. The van der Waals surface area contributed by atoms with E-state index in [0.717, 1.165) is 30.2 Å². The summed E-state index contributed by atoms with van der Waals surface area (Å²) in [7, 11) is 0. The maximum atomic E-state index is 14.8. The lowest BCUT2D eigenvalue weighted by atomic mass is 9.51. The van der Waals surface area contributed by atoms with Crippen molar-refractivity contribution >= 4 is 40.5 Å². The number of nitrogens with one attached hydrogen (secondary N) is 1. The highest BCUT2D eigenvalue weighted by Gasteiger charge is 2.66. The monoisotopic (exact) mass is 731 g/mol. The number of halogens is 4. The second-order valence-electron chi connectivity index (χ2n) is 13.7. The number of likely N-dealkylation sites (tertiary alicyclic amines) is 1. The quantitative estimate of drug-likeness (QED) is 0.288. The highest BCUT2D eigenvalue weighted by Crippen LogP contribution is 2.64. The fourth-order valence-corrected chi connectivity index (χ4v) is 9.03. The Labute approximate surface area is 298 Å². The number of benzene rings is 1. The number of hydrogen-bond donors (Lipinski definition) is 2. The van der Waals surface area contributed by atoms with E-state index in [1.165, 1.54) is 16.8 Å². The van der Waals surface area contributed by atoms with Crippen LogP contribution in [0.1, 0.15) is 64.7 Å². The number of aromatic hydroxyl groups is 1. The van der Waals surface area contributed by atoms with Crippen LogP contribution in [-0.2, 0) is 27.7 Å². The van der Waals surface area contributed by atoms with Gasteiger partial charge in [0.15, 0.2) is 11.5 Å². The minimum Gasteiger partial charge on any atom is -0.505 e. The average molecular weight is 732 g/mol. The molecule has 1 saturated heterocycles. The third kappa shape index (κ3) is 4.73. The minimum absolute atomic E-state index is 0.00558. The van der Waals surface area contributed by atoms with E-state index in [0.29, 0.717) is 56.1 Å². The highest BCUT2D eigenvalue weighted by atomic mass is 35.5. The van der Waals surface area contributed by atoms with Crippen molar-refractivity contribution in [1.29, 1.82) is 0 Å². The molecule has 5 atom stereocenters. The molecule has 0 unspecified atom stereocenters. The van der Waals surface area contributed by atoms with Crippen molar-refractivity contribution in [3.05, 3.63) is 86.3 Å². The summed E-state index contributed by atoms with van der Waals surface area (Å²) >= 11 is 6.18. The van der Waals surface area contributed by atoms with Gasteiger partial charge in [-0.1, -0.05) is 29.5 Å². The summed E-state index contributed by atoms with van der Waals surface area (Å²) in [6.45, 7) is 0.747. The van der Waals surface area contributed by atoms with Crippen LogP contribution in [-0.4, -0.2) is 71.8 Å². The number of piperidine rings is 1. The molecule has 4 aromatic rings. The Bertz CT molecular complexity index is 2380. The number of amides is 2. The molecular weight excluding hydrogens is 703 g/mol. The van der Waals surface area contributed by atoms with Gasteiger partial charge in [0, 0.05) is 41.4 Å². The van der Waals surface area contributed by atoms with Crippen LogP contribution in [0.3, 0.4) is 0 Å². The topological polar surface area (TPSA) is 144 Å². The molecule has 1 spiro atoms. The second kappa shape index (κ2) is 11.7. The summed E-state index contributed by atoms with van der Waals surface area (Å²) in [6, 6.07) is 5.42. The van der Waals surface area contributed by atoms with Crippen molar-refractivity contribution in [2.75, 3.05) is 25.1 Å². The maximum Gasteiger partial charge on any atom is 0.416 e. The van der Waals surface area contributed by atoms with E-state index in [4.69, 9.17) is 21.3 Å². The van der Waals surface area contributed by atoms with Crippen LogP contribution in [0, 0.1) is 23.7 Å². The van der Waals surface area contributed by atoms with Crippen LogP contribution >= 0.6 is 11.6 Å². The van der Waals surface area contributed by atoms with Crippen molar-refractivity contribution < 1.29 is 32.6 Å². The van der Waals surface area contributed by atoms with Crippen LogP contribution in [0.25, 0.3) is 11.4 Å². The van der Waals surface area contributed by atoms with Gasteiger partial charge in [-0.05, 0) is 67.5 Å². The molecule has 2 amide bonds. The molecule has 2 N–H and O–H groups in total. The summed E-state index contributed by atoms with van der Waals surface area (Å²) in [5, 5.41) is 17.4. The lowest BCUT2D eigenvalue weighted by molar-refractivity contribution is -0.137. The lowest BCUT2D eigenvalue weighted by Gasteiger charge is -2.59. The van der Waals surface area contributed by atoms with E-state index >= 15 is 0 Å². The number of carbonyl (C=O) groups is 2. The molecule has 52 heavy (non-hydrogen) atoms. The standard InChI is InChI=1S/C36H29ClF3N7O5/c37-23-16-19(36(38,39)40)3-7-24(23)42-27(49)17-46-30-20-4-5-21(20)35(28(30)32(50)47-34(46)43-31(44-47)18-9-14-52-15-10-18)11-13-45(25-8-6-22(25)35)33(51)29-26(48)2-1-12-41-29/h1-3,7,9,12,16,20-22,25,48H,6,8,10-11,13-15,17H2,(H,42,49)/t20-,21+,22+,25-,35+/m0/s1. The fraction of sp³-hybridized carbons (Fsp3) is 0.389. The van der Waals surface area contributed by atoms with Crippen LogP contribution < -0.4 is 10.9 Å². The average Bonchev–Trinajstić information content (AvgIpc) is 3.60. The number of ether oxygens (including phenoxy) is 1. The largest absolute Gasteiger partial charge is 0.505 e. The summed E-state index contributed by atoms with van der Waals surface area (Å²) in [4.78, 5) is 52.8. The molecule has 2 fully saturated rings. The molecule has 9 rings (SSSR count). The molecule has 2 aliphatic heterocycles. The number of pyridine rings is 1. The number of hydrogen-bond acceptors (Lipinski definition) is 8. The Morgan fingerprint density at radius 3 is 2.71 bits per heavy atom. The van der Waals surface area contributed by atoms with E-state index in [1.807, 2.05) is 6.08 Å². The van der Waals surface area contributed by atoms with E-state index < -0.39 is 29.0 Å². The van der Waals surface area contributed by atoms with Crippen molar-refractivity contribution in [2.24, 2.45) is 11.8 Å². The Kier molecular flexibility index (Phi) is 7.33. The van der Waals surface area contributed by atoms with E-state index in [2.05, 4.69) is 27.2 Å². The summed E-state index contributed by atoms with van der Waals surface area (Å²) in [5.41, 5.74) is -0.275. The van der Waals surface area contributed by atoms with Gasteiger partial charge < -0.3 is 24.6 Å². The predicted octanol–water partition coefficient (Wildman–Crippen LogP) is 4.40. The van der Waals surface area contributed by atoms with Gasteiger partial charge >= 0.3 is 6.18 Å². The first-order valence-corrected chi connectivity index (χ1v) is 17.3. The predicted molar refractivity (Wildman–Crippen MR) is 179 cm³/mol. The first kappa shape index (κ1) is 32.7. The number of alkyl halides is 3. The SMILES string of the molecule is O=C(Cn1c2c(c(=O)n3nc(C4=CCOCC4)nc13)[C@]1(CCN(C(=O)c3ncccc3O)[C@H]3CC[C@H]31)[C@@H]1C#C[C@H]21)Nc1ccc(C(F)(F)F)cc1Cl. The Hall–Kier alpha value is -5.20. The molecular formula is C36H29ClF3N7O5. The normalized spacial score (nSPS) is 25.6. The number of nitrogens with zero attached hydrogens (tertiary/aromatic N) is 6. The molecule has 5 heterocycles. The fourth-order valence-electron chi connectivity index (χ4n) is 8.80. The van der Waals surface area contributed by atoms with Gasteiger partial charge in [0.1, 0.15) is 12.3 Å². The van der Waals surface area contributed by atoms with Gasteiger partial charge in [-0.15, -0.1) is 5.10 Å². The lowest BCUT2D eigenvalue weighted by Crippen LogP contribution is -2.65. The van der Waals surface area contributed by atoms with Gasteiger partial charge in [-0.25, -0.2) is 4.98 Å². The molecule has 12 nitrogen and oxygen atoms in total.